The van der Waals surface area contributed by atoms with Crippen molar-refractivity contribution < 1.29 is 9.59 Å². The van der Waals surface area contributed by atoms with Crippen molar-refractivity contribution in [1.82, 2.24) is 10.6 Å². The third-order valence-corrected chi connectivity index (χ3v) is 4.96. The van der Waals surface area contributed by atoms with E-state index >= 15 is 0 Å². The molecule has 3 rings (SSSR count). The van der Waals surface area contributed by atoms with Gasteiger partial charge in [-0.15, -0.1) is 12.4 Å². The summed E-state index contributed by atoms with van der Waals surface area (Å²) in [7, 11) is 0. The van der Waals surface area contributed by atoms with E-state index in [1.165, 1.54) is 11.1 Å². The lowest BCUT2D eigenvalue weighted by molar-refractivity contribution is -0.128. The molecule has 150 valence electrons. The van der Waals surface area contributed by atoms with Crippen molar-refractivity contribution in [3.8, 4) is 0 Å². The predicted molar refractivity (Wildman–Crippen MR) is 115 cm³/mol. The molecule has 0 radical (unpaired) electrons. The van der Waals surface area contributed by atoms with Gasteiger partial charge in [-0.2, -0.15) is 0 Å². The van der Waals surface area contributed by atoms with Gasteiger partial charge in [-0.1, -0.05) is 55.8 Å². The highest BCUT2D eigenvalue weighted by atomic mass is 35.5. The Morgan fingerprint density at radius 1 is 1.04 bits per heavy atom. The van der Waals surface area contributed by atoms with Gasteiger partial charge in [0.1, 0.15) is 6.04 Å². The van der Waals surface area contributed by atoms with Crippen LogP contribution in [-0.4, -0.2) is 23.9 Å². The van der Waals surface area contributed by atoms with Gasteiger partial charge in [-0.3, -0.25) is 9.59 Å². The van der Waals surface area contributed by atoms with Gasteiger partial charge < -0.3 is 16.0 Å². The molecule has 2 atom stereocenters. The minimum absolute atomic E-state index is 0. The molecule has 2 aromatic rings. The van der Waals surface area contributed by atoms with Crippen LogP contribution in [0.3, 0.4) is 0 Å². The van der Waals surface area contributed by atoms with Gasteiger partial charge in [-0.05, 0) is 42.5 Å². The zero-order valence-electron chi connectivity index (χ0n) is 16.5. The molecule has 3 N–H and O–H groups in total. The Hall–Kier alpha value is -2.37. The highest BCUT2D eigenvalue weighted by molar-refractivity contribution is 5.98. The first-order chi connectivity index (χ1) is 12.9. The fraction of sp³-hybridized carbons (Fsp3) is 0.364. The van der Waals surface area contributed by atoms with Gasteiger partial charge in [0.15, 0.2) is 0 Å². The summed E-state index contributed by atoms with van der Waals surface area (Å²) in [6.45, 7) is 6.53. The molecule has 2 aromatic carbocycles. The first-order valence-corrected chi connectivity index (χ1v) is 9.42. The summed E-state index contributed by atoms with van der Waals surface area (Å²) in [5.74, 6) is -0.351. The number of carbonyl (C=O) groups excluding carboxylic acids is 2. The molecule has 0 unspecified atom stereocenters. The van der Waals surface area contributed by atoms with Gasteiger partial charge in [0, 0.05) is 12.2 Å². The van der Waals surface area contributed by atoms with E-state index in [1.54, 1.807) is 0 Å². The predicted octanol–water partition coefficient (Wildman–Crippen LogP) is 3.21. The van der Waals surface area contributed by atoms with Crippen LogP contribution in [0.2, 0.25) is 0 Å². The minimum Gasteiger partial charge on any atom is -0.343 e. The molecule has 0 aliphatic carbocycles. The molecule has 1 aliphatic rings. The third-order valence-electron chi connectivity index (χ3n) is 4.96. The van der Waals surface area contributed by atoms with Gasteiger partial charge >= 0.3 is 0 Å². The standard InChI is InChI=1S/C22H27N3O2.ClH/c1-14(2)20(22(27)24-18-10-8-15(3)9-11-18)25-21(26)19-12-16-6-4-5-7-17(16)13-23-19;/h4-11,14,19-20,23H,12-13H2,1-3H3,(H,24,27)(H,25,26);1H/t19-,20-;/m0./s1. The quantitative estimate of drug-likeness (QED) is 0.720. The van der Waals surface area contributed by atoms with Crippen LogP contribution < -0.4 is 16.0 Å². The van der Waals surface area contributed by atoms with E-state index in [1.807, 2.05) is 57.2 Å². The first-order valence-electron chi connectivity index (χ1n) is 9.42. The molecule has 0 spiro atoms. The second-order valence-electron chi connectivity index (χ2n) is 7.49. The third kappa shape index (κ3) is 5.33. The van der Waals surface area contributed by atoms with E-state index in [0.29, 0.717) is 13.0 Å². The van der Waals surface area contributed by atoms with Crippen molar-refractivity contribution in [3.63, 3.8) is 0 Å². The average Bonchev–Trinajstić information content (AvgIpc) is 2.67. The van der Waals surface area contributed by atoms with Crippen LogP contribution in [0.4, 0.5) is 5.69 Å². The van der Waals surface area contributed by atoms with E-state index in [-0.39, 0.29) is 36.2 Å². The molecule has 1 heterocycles. The summed E-state index contributed by atoms with van der Waals surface area (Å²) >= 11 is 0. The minimum atomic E-state index is -0.585. The lowest BCUT2D eigenvalue weighted by Crippen LogP contribution is -2.54. The number of benzene rings is 2. The number of hydrogen-bond donors (Lipinski definition) is 3. The zero-order chi connectivity index (χ0) is 19.4. The molecule has 28 heavy (non-hydrogen) atoms. The molecule has 2 amide bonds. The van der Waals surface area contributed by atoms with Gasteiger partial charge in [0.05, 0.1) is 6.04 Å². The number of rotatable bonds is 5. The number of amides is 2. The maximum absolute atomic E-state index is 12.8. The van der Waals surface area contributed by atoms with Crippen molar-refractivity contribution >= 4 is 29.9 Å². The number of carbonyl (C=O) groups is 2. The van der Waals surface area contributed by atoms with Crippen LogP contribution in [0.25, 0.3) is 0 Å². The Balaban J connectivity index is 0.00000280. The highest BCUT2D eigenvalue weighted by Crippen LogP contribution is 2.17. The lowest BCUT2D eigenvalue weighted by atomic mass is 9.94. The van der Waals surface area contributed by atoms with Crippen molar-refractivity contribution in [2.75, 3.05) is 5.32 Å². The summed E-state index contributed by atoms with van der Waals surface area (Å²) in [6.07, 6.45) is 0.631. The van der Waals surface area contributed by atoms with Crippen LogP contribution in [0.5, 0.6) is 0 Å². The zero-order valence-corrected chi connectivity index (χ0v) is 17.3. The molecule has 0 aromatic heterocycles. The number of fused-ring (bicyclic) bond motifs is 1. The molecular formula is C22H28ClN3O2. The lowest BCUT2D eigenvalue weighted by Gasteiger charge is -2.28. The fourth-order valence-electron chi connectivity index (χ4n) is 3.29. The second-order valence-corrected chi connectivity index (χ2v) is 7.49. The Kier molecular flexibility index (Phi) is 7.61. The molecule has 0 fully saturated rings. The van der Waals surface area contributed by atoms with Crippen LogP contribution in [-0.2, 0) is 22.6 Å². The molecule has 6 heteroatoms. The highest BCUT2D eigenvalue weighted by Gasteiger charge is 2.29. The number of hydrogen-bond acceptors (Lipinski definition) is 3. The molecule has 0 bridgehead atoms. The van der Waals surface area contributed by atoms with Gasteiger partial charge in [0.2, 0.25) is 11.8 Å². The summed E-state index contributed by atoms with van der Waals surface area (Å²) in [5, 5.41) is 9.11. The summed E-state index contributed by atoms with van der Waals surface area (Å²) in [6, 6.07) is 14.8. The molecule has 0 saturated heterocycles. The Morgan fingerprint density at radius 2 is 1.68 bits per heavy atom. The first kappa shape index (κ1) is 21.9. The summed E-state index contributed by atoms with van der Waals surface area (Å²) < 4.78 is 0. The molecular weight excluding hydrogens is 374 g/mol. The van der Waals surface area contributed by atoms with E-state index in [4.69, 9.17) is 0 Å². The largest absolute Gasteiger partial charge is 0.343 e. The van der Waals surface area contributed by atoms with Crippen molar-refractivity contribution in [3.05, 3.63) is 65.2 Å². The topological polar surface area (TPSA) is 70.2 Å². The summed E-state index contributed by atoms with van der Waals surface area (Å²) in [5.41, 5.74) is 4.27. The maximum atomic E-state index is 12.8. The van der Waals surface area contributed by atoms with E-state index < -0.39 is 6.04 Å². The fourth-order valence-corrected chi connectivity index (χ4v) is 3.29. The van der Waals surface area contributed by atoms with Crippen LogP contribution in [0.1, 0.15) is 30.5 Å². The van der Waals surface area contributed by atoms with Crippen LogP contribution >= 0.6 is 12.4 Å². The molecule has 1 aliphatic heterocycles. The number of nitrogens with one attached hydrogen (secondary N) is 3. The molecule has 0 saturated carbocycles. The normalized spacial score (nSPS) is 16.5. The number of anilines is 1. The van der Waals surface area contributed by atoms with E-state index in [9.17, 15) is 9.59 Å². The Morgan fingerprint density at radius 3 is 2.32 bits per heavy atom. The van der Waals surface area contributed by atoms with E-state index in [0.717, 1.165) is 11.3 Å². The Labute approximate surface area is 172 Å². The van der Waals surface area contributed by atoms with Crippen molar-refractivity contribution in [1.29, 1.82) is 0 Å². The van der Waals surface area contributed by atoms with Crippen LogP contribution in [0, 0.1) is 12.8 Å². The van der Waals surface area contributed by atoms with Crippen LogP contribution in [0.15, 0.2) is 48.5 Å². The van der Waals surface area contributed by atoms with Crippen molar-refractivity contribution in [2.45, 2.75) is 45.8 Å². The summed E-state index contributed by atoms with van der Waals surface area (Å²) in [4.78, 5) is 25.5. The average molecular weight is 402 g/mol. The Bertz CT molecular complexity index is 821. The monoisotopic (exact) mass is 401 g/mol. The molecule has 5 nitrogen and oxygen atoms in total. The smallest absolute Gasteiger partial charge is 0.247 e. The van der Waals surface area contributed by atoms with Gasteiger partial charge in [-0.25, -0.2) is 0 Å². The maximum Gasteiger partial charge on any atom is 0.247 e. The number of aryl methyl sites for hydroxylation is 1. The van der Waals surface area contributed by atoms with Gasteiger partial charge in [0.25, 0.3) is 0 Å². The van der Waals surface area contributed by atoms with E-state index in [2.05, 4.69) is 28.1 Å². The number of halogens is 1. The second kappa shape index (κ2) is 9.71. The SMILES string of the molecule is Cc1ccc(NC(=O)[C@@H](NC(=O)[C@@H]2Cc3ccccc3CN2)C(C)C)cc1.Cl. The van der Waals surface area contributed by atoms with Crippen molar-refractivity contribution in [2.24, 2.45) is 5.92 Å².